The van der Waals surface area contributed by atoms with Crippen LogP contribution in [-0.2, 0) is 32.6 Å². The first-order valence-corrected chi connectivity index (χ1v) is 4.66. The Morgan fingerprint density at radius 2 is 1.50 bits per heavy atom. The Kier molecular flexibility index (Phi) is 20.6. The minimum Gasteiger partial charge on any atom is -0.358 e. The Balaban J connectivity index is -0.000000180. The van der Waals surface area contributed by atoms with E-state index >= 15 is 0 Å². The van der Waals surface area contributed by atoms with Gasteiger partial charge in [0.15, 0.2) is 0 Å². The van der Waals surface area contributed by atoms with E-state index in [1.807, 2.05) is 0 Å². The largest absolute Gasteiger partial charge is 4.00 e. The van der Waals surface area contributed by atoms with Crippen LogP contribution in [0.15, 0.2) is 24.3 Å². The quantitative estimate of drug-likeness (QED) is 0.694. The molecule has 0 bridgehead atoms. The number of hydrogen-bond donors (Lipinski definition) is 0. The zero-order chi connectivity index (χ0) is 8.97. The molecule has 0 aliphatic heterocycles. The molecule has 0 aromatic heterocycles. The van der Waals surface area contributed by atoms with Gasteiger partial charge in [0.25, 0.3) is 0 Å². The average molecular weight is 298 g/mol. The molecule has 1 rings (SSSR count). The van der Waals surface area contributed by atoms with Crippen LogP contribution in [0.25, 0.3) is 0 Å². The molecule has 16 heavy (non-hydrogen) atoms. The van der Waals surface area contributed by atoms with Crippen molar-refractivity contribution >= 4 is 0 Å². The predicted molar refractivity (Wildman–Crippen MR) is 73.5 cm³/mol. The smallest absolute Gasteiger partial charge is 0.358 e. The van der Waals surface area contributed by atoms with Crippen molar-refractivity contribution in [2.24, 2.45) is 0 Å². The predicted octanol–water partition coefficient (Wildman–Crippen LogP) is 4.93. The number of benzene rings is 1. The van der Waals surface area contributed by atoms with Gasteiger partial charge < -0.3 is 29.2 Å². The Morgan fingerprint density at radius 1 is 1.06 bits per heavy atom. The molecule has 1 aromatic carbocycles. The summed E-state index contributed by atoms with van der Waals surface area (Å²) in [7, 11) is 0. The van der Waals surface area contributed by atoms with E-state index in [1.165, 1.54) is 17.5 Å². The molecule has 1 heteroatoms. The van der Waals surface area contributed by atoms with Crippen molar-refractivity contribution in [3.8, 4) is 0 Å². The molecule has 0 aliphatic rings. The van der Waals surface area contributed by atoms with Crippen molar-refractivity contribution in [3.63, 3.8) is 0 Å². The molecule has 1 unspecified atom stereocenters. The third-order valence-electron chi connectivity index (χ3n) is 2.45. The number of hydrogen-bond acceptors (Lipinski definition) is 0. The standard InChI is InChI=1S/C12H17.3CH3.Zr/c1-4-10(3)12-8-6-11(5-2)7-9-12;;;;/h6-10H,2,4-5H2,1,3H3;3*1H3;/q4*-1;+4. The van der Waals surface area contributed by atoms with E-state index in [2.05, 4.69) is 45.0 Å². The summed E-state index contributed by atoms with van der Waals surface area (Å²) in [6.45, 7) is 8.34. The van der Waals surface area contributed by atoms with Gasteiger partial charge >= 0.3 is 26.2 Å². The van der Waals surface area contributed by atoms with Gasteiger partial charge in [0, 0.05) is 0 Å². The summed E-state index contributed by atoms with van der Waals surface area (Å²) in [6.07, 6.45) is 2.10. The molecule has 90 valence electrons. The maximum Gasteiger partial charge on any atom is 4.00 e. The fraction of sp³-hybridized carbons (Fsp3) is 0.333. The Morgan fingerprint density at radius 3 is 1.81 bits per heavy atom. The van der Waals surface area contributed by atoms with E-state index in [9.17, 15) is 0 Å². The summed E-state index contributed by atoms with van der Waals surface area (Å²) in [4.78, 5) is 0. The third kappa shape index (κ3) is 7.39. The van der Waals surface area contributed by atoms with Gasteiger partial charge in [-0.1, -0.05) is 43.7 Å². The van der Waals surface area contributed by atoms with Gasteiger partial charge in [-0.05, 0) is 17.9 Å². The molecule has 0 radical (unpaired) electrons. The van der Waals surface area contributed by atoms with E-state index in [4.69, 9.17) is 0 Å². The zero-order valence-electron chi connectivity index (χ0n) is 11.5. The molecule has 0 spiro atoms. The van der Waals surface area contributed by atoms with Crippen LogP contribution in [0.5, 0.6) is 0 Å². The van der Waals surface area contributed by atoms with Crippen molar-refractivity contribution in [1.82, 2.24) is 0 Å². The van der Waals surface area contributed by atoms with Crippen LogP contribution in [0.4, 0.5) is 0 Å². The van der Waals surface area contributed by atoms with Crippen molar-refractivity contribution in [3.05, 3.63) is 64.6 Å². The summed E-state index contributed by atoms with van der Waals surface area (Å²) in [5.74, 6) is 0.684. The fourth-order valence-electron chi connectivity index (χ4n) is 1.25. The molecule has 0 aliphatic carbocycles. The van der Waals surface area contributed by atoms with Crippen LogP contribution in [0.3, 0.4) is 0 Å². The zero-order valence-corrected chi connectivity index (χ0v) is 14.0. The summed E-state index contributed by atoms with van der Waals surface area (Å²) in [5.41, 5.74) is 2.76. The van der Waals surface area contributed by atoms with E-state index in [0.717, 1.165) is 6.42 Å². The first-order valence-electron chi connectivity index (χ1n) is 4.66. The monoisotopic (exact) mass is 296 g/mol. The minimum atomic E-state index is 0. The van der Waals surface area contributed by atoms with Gasteiger partial charge in [-0.3, -0.25) is 0 Å². The van der Waals surface area contributed by atoms with E-state index in [1.54, 1.807) is 0 Å². The second-order valence-electron chi connectivity index (χ2n) is 3.30. The van der Waals surface area contributed by atoms with Crippen LogP contribution in [0.2, 0.25) is 0 Å². The second kappa shape index (κ2) is 13.2. The Labute approximate surface area is 123 Å². The van der Waals surface area contributed by atoms with Crippen molar-refractivity contribution < 1.29 is 26.2 Å². The summed E-state index contributed by atoms with van der Waals surface area (Å²) >= 11 is 0. The van der Waals surface area contributed by atoms with E-state index in [-0.39, 0.29) is 48.5 Å². The van der Waals surface area contributed by atoms with Crippen LogP contribution in [0.1, 0.15) is 37.3 Å². The molecule has 0 saturated heterocycles. The molecule has 0 saturated carbocycles. The molecule has 0 nitrogen and oxygen atoms in total. The van der Waals surface area contributed by atoms with Gasteiger partial charge in [0.2, 0.25) is 0 Å². The Bertz CT molecular complexity index is 226. The maximum absolute atomic E-state index is 3.85. The van der Waals surface area contributed by atoms with E-state index in [0.29, 0.717) is 5.92 Å². The van der Waals surface area contributed by atoms with Crippen molar-refractivity contribution in [1.29, 1.82) is 0 Å². The topological polar surface area (TPSA) is 0 Å². The maximum atomic E-state index is 3.85. The van der Waals surface area contributed by atoms with Gasteiger partial charge in [-0.2, -0.15) is 6.42 Å². The van der Waals surface area contributed by atoms with Crippen molar-refractivity contribution in [2.75, 3.05) is 0 Å². The molecule has 1 atom stereocenters. The summed E-state index contributed by atoms with van der Waals surface area (Å²) < 4.78 is 0. The molecular formula is C15H26Zr. The number of rotatable bonds is 3. The molecule has 0 amide bonds. The van der Waals surface area contributed by atoms with Crippen LogP contribution < -0.4 is 0 Å². The average Bonchev–Trinajstić information content (AvgIpc) is 2.17. The first-order chi connectivity index (χ1) is 5.77. The molecule has 1 aromatic rings. The van der Waals surface area contributed by atoms with Crippen LogP contribution in [0, 0.1) is 29.2 Å². The molecule has 0 heterocycles. The fourth-order valence-corrected chi connectivity index (χ4v) is 1.25. The second-order valence-corrected chi connectivity index (χ2v) is 3.30. The molecule has 0 fully saturated rings. The molecule has 0 N–H and O–H groups in total. The molecular weight excluding hydrogens is 271 g/mol. The Hall–Kier alpha value is 0.103. The van der Waals surface area contributed by atoms with Gasteiger partial charge in [0.05, 0.1) is 0 Å². The van der Waals surface area contributed by atoms with Crippen molar-refractivity contribution in [2.45, 2.75) is 32.6 Å². The third-order valence-corrected chi connectivity index (χ3v) is 2.45. The normalized spacial score (nSPS) is 9.69. The first kappa shape index (κ1) is 25.1. The van der Waals surface area contributed by atoms with E-state index < -0.39 is 0 Å². The van der Waals surface area contributed by atoms with Crippen LogP contribution >= 0.6 is 0 Å². The SMILES string of the molecule is [CH2-]Cc1ccc(C(C)CC)cc1.[CH3-].[CH3-].[CH3-].[Zr+4]. The summed E-state index contributed by atoms with van der Waals surface area (Å²) in [6, 6.07) is 8.78. The minimum absolute atomic E-state index is 0. The van der Waals surface area contributed by atoms with Crippen LogP contribution in [-0.4, -0.2) is 0 Å². The van der Waals surface area contributed by atoms with Gasteiger partial charge in [0.1, 0.15) is 0 Å². The summed E-state index contributed by atoms with van der Waals surface area (Å²) in [5, 5.41) is 0. The van der Waals surface area contributed by atoms with Gasteiger partial charge in [-0.15, -0.1) is 0 Å². The van der Waals surface area contributed by atoms with Gasteiger partial charge in [-0.25, -0.2) is 0 Å².